The fourth-order valence-electron chi connectivity index (χ4n) is 3.71. The van der Waals surface area contributed by atoms with Gasteiger partial charge in [0.1, 0.15) is 5.82 Å². The number of hydrogen-bond acceptors (Lipinski definition) is 5. The number of amides is 1. The topological polar surface area (TPSA) is 59.8 Å². The van der Waals surface area contributed by atoms with Gasteiger partial charge in [-0.25, -0.2) is 4.98 Å². The van der Waals surface area contributed by atoms with Crippen molar-refractivity contribution in [3.63, 3.8) is 0 Å². The quantitative estimate of drug-likeness (QED) is 0.468. The van der Waals surface area contributed by atoms with Crippen LogP contribution in [-0.2, 0) is 24.1 Å². The zero-order valence-electron chi connectivity index (χ0n) is 16.0. The molecule has 0 saturated carbocycles. The number of para-hydroxylation sites is 1. The van der Waals surface area contributed by atoms with Gasteiger partial charge >= 0.3 is 0 Å². The number of carbonyl (C=O) groups is 1. The van der Waals surface area contributed by atoms with Crippen molar-refractivity contribution in [1.29, 1.82) is 0 Å². The Morgan fingerprint density at radius 3 is 2.79 bits per heavy atom. The first-order valence-corrected chi connectivity index (χ1v) is 11.6. The molecule has 0 bridgehead atoms. The van der Waals surface area contributed by atoms with E-state index in [1.54, 1.807) is 23.1 Å². The van der Waals surface area contributed by atoms with Gasteiger partial charge in [0.15, 0.2) is 0 Å². The maximum atomic E-state index is 12.8. The molecule has 1 amide bonds. The summed E-state index contributed by atoms with van der Waals surface area (Å²) in [7, 11) is 0. The van der Waals surface area contributed by atoms with Gasteiger partial charge in [-0.1, -0.05) is 35.6 Å². The zero-order valence-corrected chi connectivity index (χ0v) is 17.6. The maximum absolute atomic E-state index is 12.8. The van der Waals surface area contributed by atoms with Gasteiger partial charge < -0.3 is 5.32 Å². The molecular formula is C22H20N4OS2. The summed E-state index contributed by atoms with van der Waals surface area (Å²) < 4.78 is 2.94. The molecule has 4 aromatic rings. The van der Waals surface area contributed by atoms with Crippen LogP contribution in [0.4, 0.5) is 5.82 Å². The van der Waals surface area contributed by atoms with Crippen LogP contribution in [0.25, 0.3) is 15.3 Å². The Balaban J connectivity index is 1.45. The fraction of sp³-hybridized carbons (Fsp3) is 0.227. The van der Waals surface area contributed by atoms with Crippen LogP contribution < -0.4 is 5.32 Å². The molecule has 2 heterocycles. The van der Waals surface area contributed by atoms with E-state index in [0.717, 1.165) is 57.2 Å². The van der Waals surface area contributed by atoms with Crippen LogP contribution in [0.15, 0.2) is 53.4 Å². The first-order chi connectivity index (χ1) is 14.2. The summed E-state index contributed by atoms with van der Waals surface area (Å²) >= 11 is 3.29. The Hall–Kier alpha value is -2.64. The SMILES string of the molecule is CSc1ccc(CC(=O)Nc2c3c(nn2-c2nc4ccccc4s2)CCC3)cc1. The highest BCUT2D eigenvalue weighted by Crippen LogP contribution is 2.33. The third-order valence-corrected chi connectivity index (χ3v) is 6.91. The minimum Gasteiger partial charge on any atom is -0.310 e. The Morgan fingerprint density at radius 2 is 2.00 bits per heavy atom. The predicted octanol–water partition coefficient (Wildman–Crippen LogP) is 4.87. The summed E-state index contributed by atoms with van der Waals surface area (Å²) in [4.78, 5) is 18.7. The molecule has 0 aliphatic heterocycles. The van der Waals surface area contributed by atoms with Crippen molar-refractivity contribution in [2.45, 2.75) is 30.6 Å². The average Bonchev–Trinajstić information content (AvgIpc) is 3.43. The second-order valence-electron chi connectivity index (χ2n) is 7.08. The predicted molar refractivity (Wildman–Crippen MR) is 119 cm³/mol. The van der Waals surface area contributed by atoms with Gasteiger partial charge in [0.25, 0.3) is 0 Å². The lowest BCUT2D eigenvalue weighted by Gasteiger charge is -2.09. The maximum Gasteiger partial charge on any atom is 0.229 e. The lowest BCUT2D eigenvalue weighted by Crippen LogP contribution is -2.18. The second kappa shape index (κ2) is 7.65. The van der Waals surface area contributed by atoms with Crippen molar-refractivity contribution < 1.29 is 4.79 Å². The van der Waals surface area contributed by atoms with E-state index in [2.05, 4.69) is 23.5 Å². The number of thiazole rings is 1. The molecule has 2 aromatic carbocycles. The molecule has 2 aromatic heterocycles. The van der Waals surface area contributed by atoms with E-state index >= 15 is 0 Å². The van der Waals surface area contributed by atoms with E-state index in [1.165, 1.54) is 4.90 Å². The molecule has 0 spiro atoms. The van der Waals surface area contributed by atoms with Crippen LogP contribution in [-0.4, -0.2) is 26.9 Å². The van der Waals surface area contributed by atoms with Crippen molar-refractivity contribution in [2.24, 2.45) is 0 Å². The Kier molecular flexibility index (Phi) is 4.85. The van der Waals surface area contributed by atoms with Gasteiger partial charge in [0, 0.05) is 10.5 Å². The minimum absolute atomic E-state index is 0.0288. The zero-order chi connectivity index (χ0) is 19.8. The third-order valence-electron chi connectivity index (χ3n) is 5.15. The summed E-state index contributed by atoms with van der Waals surface area (Å²) in [6.45, 7) is 0. The van der Waals surface area contributed by atoms with Crippen molar-refractivity contribution in [1.82, 2.24) is 14.8 Å². The van der Waals surface area contributed by atoms with Crippen molar-refractivity contribution in [3.8, 4) is 5.13 Å². The van der Waals surface area contributed by atoms with E-state index in [4.69, 9.17) is 10.1 Å². The number of hydrogen-bond donors (Lipinski definition) is 1. The normalized spacial score (nSPS) is 13.0. The van der Waals surface area contributed by atoms with Gasteiger partial charge in [0.05, 0.1) is 22.3 Å². The molecule has 5 rings (SSSR count). The van der Waals surface area contributed by atoms with E-state index in [1.807, 2.05) is 41.3 Å². The molecular weight excluding hydrogens is 400 g/mol. The largest absolute Gasteiger partial charge is 0.310 e. The molecule has 5 nitrogen and oxygen atoms in total. The van der Waals surface area contributed by atoms with E-state index in [-0.39, 0.29) is 5.91 Å². The number of carbonyl (C=O) groups excluding carboxylic acids is 1. The number of aromatic nitrogens is 3. The molecule has 7 heteroatoms. The van der Waals surface area contributed by atoms with E-state index < -0.39 is 0 Å². The molecule has 146 valence electrons. The fourth-order valence-corrected chi connectivity index (χ4v) is 5.05. The minimum atomic E-state index is -0.0288. The standard InChI is InChI=1S/C22H20N4OS2/c1-28-15-11-9-14(10-12-15)13-20(27)24-21-16-5-4-7-17(16)25-26(21)22-23-18-6-2-3-8-19(18)29-22/h2-3,6,8-12H,4-5,7,13H2,1H3,(H,24,27). The second-order valence-corrected chi connectivity index (χ2v) is 8.97. The lowest BCUT2D eigenvalue weighted by molar-refractivity contribution is -0.115. The molecule has 1 N–H and O–H groups in total. The van der Waals surface area contributed by atoms with Crippen molar-refractivity contribution in [3.05, 3.63) is 65.4 Å². The molecule has 1 aliphatic carbocycles. The van der Waals surface area contributed by atoms with Crippen LogP contribution in [0.1, 0.15) is 23.2 Å². The third kappa shape index (κ3) is 3.56. The Labute approximate surface area is 177 Å². The van der Waals surface area contributed by atoms with Gasteiger partial charge in [-0.15, -0.1) is 11.8 Å². The van der Waals surface area contributed by atoms with Gasteiger partial charge in [-0.2, -0.15) is 9.78 Å². The Morgan fingerprint density at radius 1 is 1.17 bits per heavy atom. The summed E-state index contributed by atoms with van der Waals surface area (Å²) in [6, 6.07) is 16.2. The number of anilines is 1. The van der Waals surface area contributed by atoms with E-state index in [9.17, 15) is 4.79 Å². The molecule has 0 saturated heterocycles. The molecule has 0 fully saturated rings. The molecule has 0 radical (unpaired) electrons. The molecule has 0 unspecified atom stereocenters. The number of fused-ring (bicyclic) bond motifs is 2. The molecule has 29 heavy (non-hydrogen) atoms. The van der Waals surface area contributed by atoms with Crippen LogP contribution in [0.2, 0.25) is 0 Å². The number of thioether (sulfide) groups is 1. The number of nitrogens with zero attached hydrogens (tertiary/aromatic N) is 3. The van der Waals surface area contributed by atoms with Crippen LogP contribution >= 0.6 is 23.1 Å². The number of benzene rings is 2. The van der Waals surface area contributed by atoms with Gasteiger partial charge in [-0.05, 0) is 55.3 Å². The number of rotatable bonds is 5. The van der Waals surface area contributed by atoms with Crippen molar-refractivity contribution >= 4 is 45.0 Å². The highest BCUT2D eigenvalue weighted by atomic mass is 32.2. The van der Waals surface area contributed by atoms with Crippen molar-refractivity contribution in [2.75, 3.05) is 11.6 Å². The first-order valence-electron chi connectivity index (χ1n) is 9.61. The van der Waals surface area contributed by atoms with Crippen LogP contribution in [0, 0.1) is 0 Å². The number of nitrogens with one attached hydrogen (secondary N) is 1. The highest BCUT2D eigenvalue weighted by Gasteiger charge is 2.25. The Bertz CT molecular complexity index is 1160. The average molecular weight is 421 g/mol. The monoisotopic (exact) mass is 420 g/mol. The summed E-state index contributed by atoms with van der Waals surface area (Å²) in [6.07, 6.45) is 5.36. The van der Waals surface area contributed by atoms with Crippen LogP contribution in [0.3, 0.4) is 0 Å². The smallest absolute Gasteiger partial charge is 0.229 e. The molecule has 0 atom stereocenters. The van der Waals surface area contributed by atoms with E-state index in [0.29, 0.717) is 6.42 Å². The summed E-state index contributed by atoms with van der Waals surface area (Å²) in [5.74, 6) is 0.751. The van der Waals surface area contributed by atoms with Crippen LogP contribution in [0.5, 0.6) is 0 Å². The number of aryl methyl sites for hydroxylation is 1. The lowest BCUT2D eigenvalue weighted by atomic mass is 10.1. The molecule has 1 aliphatic rings. The summed E-state index contributed by atoms with van der Waals surface area (Å²) in [5.41, 5.74) is 4.18. The first kappa shape index (κ1) is 18.4. The summed E-state index contributed by atoms with van der Waals surface area (Å²) in [5, 5.41) is 8.71. The highest BCUT2D eigenvalue weighted by molar-refractivity contribution is 7.98. The van der Waals surface area contributed by atoms with Gasteiger partial charge in [-0.3, -0.25) is 4.79 Å². The van der Waals surface area contributed by atoms with Gasteiger partial charge in [0.2, 0.25) is 11.0 Å².